The summed E-state index contributed by atoms with van der Waals surface area (Å²) >= 11 is 0. The van der Waals surface area contributed by atoms with Crippen LogP contribution in [0.5, 0.6) is 0 Å². The lowest BCUT2D eigenvalue weighted by Gasteiger charge is -2.41. The molecule has 0 bridgehead atoms. The molecule has 33 heavy (non-hydrogen) atoms. The molecule has 0 heterocycles. The van der Waals surface area contributed by atoms with E-state index in [9.17, 15) is 38.1 Å². The van der Waals surface area contributed by atoms with Crippen molar-refractivity contribution in [1.82, 2.24) is 10.6 Å². The first-order valence-electron chi connectivity index (χ1n) is 10.5. The molecule has 0 spiro atoms. The molecular weight excluding hydrogens is 454 g/mol. The number of carbonyl (C=O) groups is 3. The Kier molecular flexibility index (Phi) is 8.57. The van der Waals surface area contributed by atoms with Crippen molar-refractivity contribution in [2.75, 3.05) is 5.75 Å². The summed E-state index contributed by atoms with van der Waals surface area (Å²) < 4.78 is 24.8. The lowest BCUT2D eigenvalue weighted by molar-refractivity contribution is -0.160. The van der Waals surface area contributed by atoms with Crippen molar-refractivity contribution < 1.29 is 38.1 Å². The summed E-state index contributed by atoms with van der Waals surface area (Å²) in [5, 5.41) is 36.0. The third kappa shape index (κ3) is 6.97. The summed E-state index contributed by atoms with van der Waals surface area (Å²) in [6.07, 6.45) is -3.99. The number of aliphatic hydroxyl groups excluding tert-OH is 2. The van der Waals surface area contributed by atoms with Crippen LogP contribution in [0.4, 0.5) is 0 Å². The van der Waals surface area contributed by atoms with Crippen LogP contribution in [0.2, 0.25) is 0 Å². The average molecular weight is 486 g/mol. The van der Waals surface area contributed by atoms with E-state index in [1.54, 1.807) is 6.07 Å². The first kappa shape index (κ1) is 26.7. The van der Waals surface area contributed by atoms with Crippen molar-refractivity contribution in [2.45, 2.75) is 67.9 Å². The second-order valence-electron chi connectivity index (χ2n) is 8.80. The number of hydrogen-bond donors (Lipinski definition) is 6. The van der Waals surface area contributed by atoms with Gasteiger partial charge in [-0.25, -0.2) is 8.42 Å². The molecule has 0 aliphatic heterocycles. The predicted molar refractivity (Wildman–Crippen MR) is 117 cm³/mol. The molecule has 5 atom stereocenters. The van der Waals surface area contributed by atoms with Crippen LogP contribution in [0, 0.1) is 5.92 Å². The largest absolute Gasteiger partial charge is 0.390 e. The van der Waals surface area contributed by atoms with E-state index in [1.807, 2.05) is 13.8 Å². The van der Waals surface area contributed by atoms with E-state index in [0.29, 0.717) is 0 Å². The Bertz CT molecular complexity index is 969. The maximum absolute atomic E-state index is 12.7. The van der Waals surface area contributed by atoms with E-state index in [-0.39, 0.29) is 17.2 Å². The lowest BCUT2D eigenvalue weighted by atomic mass is 9.77. The zero-order valence-corrected chi connectivity index (χ0v) is 19.3. The van der Waals surface area contributed by atoms with Gasteiger partial charge in [-0.15, -0.1) is 0 Å². The van der Waals surface area contributed by atoms with Gasteiger partial charge in [-0.1, -0.05) is 32.0 Å². The number of sulfone groups is 1. The van der Waals surface area contributed by atoms with E-state index in [1.165, 1.54) is 24.3 Å². The van der Waals surface area contributed by atoms with Crippen molar-refractivity contribution in [3.05, 3.63) is 30.3 Å². The molecule has 1 aromatic carbocycles. The molecule has 11 nitrogen and oxygen atoms in total. The Morgan fingerprint density at radius 2 is 1.76 bits per heavy atom. The van der Waals surface area contributed by atoms with Crippen LogP contribution in [0.3, 0.4) is 0 Å². The van der Waals surface area contributed by atoms with E-state index in [4.69, 9.17) is 5.73 Å². The average Bonchev–Trinajstić information content (AvgIpc) is 2.71. The van der Waals surface area contributed by atoms with Crippen LogP contribution in [0.1, 0.15) is 33.1 Å². The van der Waals surface area contributed by atoms with Crippen LogP contribution in [0.15, 0.2) is 35.2 Å². The van der Waals surface area contributed by atoms with Gasteiger partial charge in [-0.3, -0.25) is 14.4 Å². The smallest absolute Gasteiger partial charge is 0.252 e. The molecule has 7 N–H and O–H groups in total. The highest BCUT2D eigenvalue weighted by molar-refractivity contribution is 7.92. The monoisotopic (exact) mass is 485 g/mol. The minimum atomic E-state index is -3.97. The van der Waals surface area contributed by atoms with Crippen LogP contribution >= 0.6 is 0 Å². The minimum Gasteiger partial charge on any atom is -0.390 e. The van der Waals surface area contributed by atoms with Crippen molar-refractivity contribution in [3.8, 4) is 0 Å². The van der Waals surface area contributed by atoms with Crippen molar-refractivity contribution >= 4 is 27.6 Å². The SMILES string of the molecule is CC(C)CC(NC(=O)C1(O)CC(O)C(O)C(NC(=O)CS(=O)(=O)c2ccccc2)C1)C(N)=O. The number of aliphatic hydroxyl groups is 3. The van der Waals surface area contributed by atoms with Crippen molar-refractivity contribution in [1.29, 1.82) is 0 Å². The first-order valence-corrected chi connectivity index (χ1v) is 12.2. The normalized spacial score (nSPS) is 26.4. The summed E-state index contributed by atoms with van der Waals surface area (Å²) in [6.45, 7) is 3.62. The van der Waals surface area contributed by atoms with Gasteiger partial charge < -0.3 is 31.7 Å². The standard InChI is InChI=1S/C21H31N3O8S/c1-12(2)8-14(19(22)28)24-20(29)21(30)9-15(18(27)16(25)10-21)23-17(26)11-33(31,32)13-6-4-3-5-7-13/h3-7,12,14-16,18,25,27,30H,8-11H2,1-2H3,(H2,22,28)(H,23,26)(H,24,29). The number of benzene rings is 1. The molecule has 1 saturated carbocycles. The first-order chi connectivity index (χ1) is 15.2. The third-order valence-electron chi connectivity index (χ3n) is 5.46. The highest BCUT2D eigenvalue weighted by Crippen LogP contribution is 2.30. The molecule has 1 aliphatic rings. The van der Waals surface area contributed by atoms with Crippen LogP contribution in [0.25, 0.3) is 0 Å². The Balaban J connectivity index is 2.12. The number of amides is 3. The minimum absolute atomic E-state index is 0.00908. The Morgan fingerprint density at radius 1 is 1.15 bits per heavy atom. The fourth-order valence-corrected chi connectivity index (χ4v) is 4.93. The van der Waals surface area contributed by atoms with Gasteiger partial charge in [0.2, 0.25) is 11.8 Å². The molecule has 3 amide bonds. The Morgan fingerprint density at radius 3 is 2.30 bits per heavy atom. The maximum atomic E-state index is 12.7. The summed E-state index contributed by atoms with van der Waals surface area (Å²) in [5.41, 5.74) is 3.08. The van der Waals surface area contributed by atoms with Gasteiger partial charge in [0, 0.05) is 12.8 Å². The van der Waals surface area contributed by atoms with Gasteiger partial charge in [0.25, 0.3) is 5.91 Å². The van der Waals surface area contributed by atoms with E-state index < -0.39 is 76.0 Å². The van der Waals surface area contributed by atoms with Gasteiger partial charge in [0.05, 0.1) is 17.0 Å². The number of hydrogen-bond acceptors (Lipinski definition) is 8. The molecule has 5 unspecified atom stereocenters. The highest BCUT2D eigenvalue weighted by Gasteiger charge is 2.49. The van der Waals surface area contributed by atoms with Gasteiger partial charge in [-0.05, 0) is 24.5 Å². The highest BCUT2D eigenvalue weighted by atomic mass is 32.2. The molecule has 184 valence electrons. The Labute approximate surface area is 192 Å². The molecule has 12 heteroatoms. The molecular formula is C21H31N3O8S. The summed E-state index contributed by atoms with van der Waals surface area (Å²) in [7, 11) is -3.97. The molecule has 0 saturated heterocycles. The van der Waals surface area contributed by atoms with Gasteiger partial charge in [0.1, 0.15) is 23.5 Å². The number of primary amides is 1. The fourth-order valence-electron chi connectivity index (χ4n) is 3.77. The molecule has 1 aliphatic carbocycles. The number of nitrogens with one attached hydrogen (secondary N) is 2. The zero-order valence-electron chi connectivity index (χ0n) is 18.5. The lowest BCUT2D eigenvalue weighted by Crippen LogP contribution is -2.64. The summed E-state index contributed by atoms with van der Waals surface area (Å²) in [6, 6.07) is 4.91. The third-order valence-corrected chi connectivity index (χ3v) is 7.09. The predicted octanol–water partition coefficient (Wildman–Crippen LogP) is -1.79. The quantitative estimate of drug-likeness (QED) is 0.236. The summed E-state index contributed by atoms with van der Waals surface area (Å²) in [5.74, 6) is -3.69. The van der Waals surface area contributed by atoms with Crippen LogP contribution in [-0.4, -0.2) is 77.1 Å². The fraction of sp³-hybridized carbons (Fsp3) is 0.571. The van der Waals surface area contributed by atoms with Crippen LogP contribution < -0.4 is 16.4 Å². The maximum Gasteiger partial charge on any atom is 0.252 e. The molecule has 2 rings (SSSR count). The number of carbonyl (C=O) groups excluding carboxylic acids is 3. The van der Waals surface area contributed by atoms with Crippen LogP contribution in [-0.2, 0) is 24.2 Å². The van der Waals surface area contributed by atoms with Gasteiger partial charge in [0.15, 0.2) is 9.84 Å². The van der Waals surface area contributed by atoms with Gasteiger partial charge in [-0.2, -0.15) is 0 Å². The van der Waals surface area contributed by atoms with E-state index in [2.05, 4.69) is 10.6 Å². The molecule has 0 radical (unpaired) electrons. The van der Waals surface area contributed by atoms with Gasteiger partial charge >= 0.3 is 0 Å². The van der Waals surface area contributed by atoms with Crippen molar-refractivity contribution in [3.63, 3.8) is 0 Å². The molecule has 0 aromatic heterocycles. The second-order valence-corrected chi connectivity index (χ2v) is 10.8. The van der Waals surface area contributed by atoms with E-state index in [0.717, 1.165) is 0 Å². The topological polar surface area (TPSA) is 196 Å². The molecule has 1 fully saturated rings. The second kappa shape index (κ2) is 10.6. The number of rotatable bonds is 9. The summed E-state index contributed by atoms with van der Waals surface area (Å²) in [4.78, 5) is 36.7. The molecule has 1 aromatic rings. The number of nitrogens with two attached hydrogens (primary N) is 1. The van der Waals surface area contributed by atoms with Crippen molar-refractivity contribution in [2.24, 2.45) is 11.7 Å². The Hall–Kier alpha value is -2.54. The van der Waals surface area contributed by atoms with E-state index >= 15 is 0 Å². The zero-order chi connectivity index (χ0) is 25.0.